The van der Waals surface area contributed by atoms with Crippen molar-refractivity contribution in [3.05, 3.63) is 11.4 Å². The summed E-state index contributed by atoms with van der Waals surface area (Å²) in [5, 5.41) is 18.4. The number of nitrogens with zero attached hydrogens (tertiary/aromatic N) is 2. The number of aliphatic hydroxyl groups is 1. The number of hydrogen-bond donors (Lipinski definition) is 3. The highest BCUT2D eigenvalue weighted by molar-refractivity contribution is 5.93. The van der Waals surface area contributed by atoms with Gasteiger partial charge in [0, 0.05) is 6.61 Å². The summed E-state index contributed by atoms with van der Waals surface area (Å²) in [6.45, 7) is 5.20. The van der Waals surface area contributed by atoms with Crippen molar-refractivity contribution in [1.82, 2.24) is 15.1 Å². The normalized spacial score (nSPS) is 11.0. The molecule has 6 heteroatoms. The Balaban J connectivity index is 2.31. The van der Waals surface area contributed by atoms with E-state index in [0.717, 1.165) is 42.9 Å². The number of carbonyl (C=O) groups excluding carboxylic acids is 1. The van der Waals surface area contributed by atoms with Gasteiger partial charge in [0.05, 0.1) is 23.6 Å². The average Bonchev–Trinajstić information content (AvgIpc) is 2.66. The van der Waals surface area contributed by atoms with Gasteiger partial charge in [0.1, 0.15) is 0 Å². The molecular weight excluding hydrogens is 244 g/mol. The molecule has 1 heterocycles. The molecule has 0 spiro atoms. The van der Waals surface area contributed by atoms with E-state index < -0.39 is 0 Å². The predicted molar refractivity (Wildman–Crippen MR) is 75.1 cm³/mol. The fourth-order valence-corrected chi connectivity index (χ4v) is 1.91. The largest absolute Gasteiger partial charge is 0.396 e. The first-order valence-electron chi connectivity index (χ1n) is 6.65. The summed E-state index contributed by atoms with van der Waals surface area (Å²) < 4.78 is 0. The summed E-state index contributed by atoms with van der Waals surface area (Å²) in [6.07, 6.45) is 2.81. The van der Waals surface area contributed by atoms with Crippen LogP contribution in [0.1, 0.15) is 30.7 Å². The lowest BCUT2D eigenvalue weighted by atomic mass is 10.2. The summed E-state index contributed by atoms with van der Waals surface area (Å²) in [4.78, 5) is 13.9. The van der Waals surface area contributed by atoms with Crippen LogP contribution in [0.4, 0.5) is 5.69 Å². The molecule has 3 N–H and O–H groups in total. The van der Waals surface area contributed by atoms with E-state index in [1.165, 1.54) is 0 Å². The molecule has 1 rings (SSSR count). The summed E-state index contributed by atoms with van der Waals surface area (Å²) in [6, 6.07) is 0. The van der Waals surface area contributed by atoms with Gasteiger partial charge in [-0.3, -0.25) is 14.8 Å². The smallest absolute Gasteiger partial charge is 0.238 e. The lowest BCUT2D eigenvalue weighted by molar-refractivity contribution is -0.117. The van der Waals surface area contributed by atoms with Crippen molar-refractivity contribution in [3.8, 4) is 0 Å². The van der Waals surface area contributed by atoms with Crippen molar-refractivity contribution in [3.63, 3.8) is 0 Å². The summed E-state index contributed by atoms with van der Waals surface area (Å²) in [5.74, 6) is -0.0303. The van der Waals surface area contributed by atoms with Gasteiger partial charge in [-0.15, -0.1) is 0 Å². The molecule has 108 valence electrons. The number of carbonyl (C=O) groups is 1. The molecule has 0 bridgehead atoms. The minimum atomic E-state index is -0.0303. The van der Waals surface area contributed by atoms with E-state index in [0.29, 0.717) is 6.54 Å². The van der Waals surface area contributed by atoms with Gasteiger partial charge in [-0.05, 0) is 46.7 Å². The van der Waals surface area contributed by atoms with E-state index in [4.69, 9.17) is 5.11 Å². The molecule has 0 saturated heterocycles. The number of unbranched alkanes of at least 4 members (excludes halogenated alkanes) is 2. The van der Waals surface area contributed by atoms with E-state index in [1.54, 1.807) is 0 Å². The minimum absolute atomic E-state index is 0.0303. The zero-order valence-electron chi connectivity index (χ0n) is 12.0. The zero-order chi connectivity index (χ0) is 14.3. The molecule has 0 unspecified atom stereocenters. The second kappa shape index (κ2) is 7.91. The highest BCUT2D eigenvalue weighted by Crippen LogP contribution is 2.15. The van der Waals surface area contributed by atoms with Crippen LogP contribution in [0.15, 0.2) is 0 Å². The van der Waals surface area contributed by atoms with Crippen molar-refractivity contribution in [2.45, 2.75) is 33.1 Å². The molecule has 0 fully saturated rings. The number of aryl methyl sites for hydroxylation is 2. The minimum Gasteiger partial charge on any atom is -0.396 e. The fourth-order valence-electron chi connectivity index (χ4n) is 1.91. The number of aliphatic hydroxyl groups excluding tert-OH is 1. The second-order valence-corrected chi connectivity index (χ2v) is 4.88. The number of H-pyrrole nitrogens is 1. The van der Waals surface area contributed by atoms with Crippen LogP contribution in [-0.2, 0) is 4.79 Å². The van der Waals surface area contributed by atoms with Crippen LogP contribution in [0.3, 0.4) is 0 Å². The SMILES string of the molecule is Cc1n[nH]c(C)c1NC(=O)CN(C)CCCCCO. The van der Waals surface area contributed by atoms with Crippen LogP contribution < -0.4 is 5.32 Å². The molecule has 0 aromatic carbocycles. The Morgan fingerprint density at radius 1 is 1.37 bits per heavy atom. The molecule has 6 nitrogen and oxygen atoms in total. The van der Waals surface area contributed by atoms with Gasteiger partial charge in [-0.1, -0.05) is 0 Å². The van der Waals surface area contributed by atoms with Gasteiger partial charge >= 0.3 is 0 Å². The van der Waals surface area contributed by atoms with Gasteiger partial charge in [0.2, 0.25) is 5.91 Å². The lowest BCUT2D eigenvalue weighted by Gasteiger charge is -2.16. The zero-order valence-corrected chi connectivity index (χ0v) is 12.0. The van der Waals surface area contributed by atoms with Gasteiger partial charge in [-0.2, -0.15) is 5.10 Å². The molecule has 19 heavy (non-hydrogen) atoms. The number of nitrogens with one attached hydrogen (secondary N) is 2. The van der Waals surface area contributed by atoms with Crippen LogP contribution in [0.2, 0.25) is 0 Å². The molecule has 0 aliphatic heterocycles. The van der Waals surface area contributed by atoms with Crippen LogP contribution in [0.5, 0.6) is 0 Å². The third kappa shape index (κ3) is 5.40. The number of amides is 1. The van der Waals surface area contributed by atoms with E-state index in [-0.39, 0.29) is 12.5 Å². The second-order valence-electron chi connectivity index (χ2n) is 4.88. The maximum Gasteiger partial charge on any atom is 0.238 e. The highest BCUT2D eigenvalue weighted by Gasteiger charge is 2.11. The third-order valence-corrected chi connectivity index (χ3v) is 3.00. The van der Waals surface area contributed by atoms with Crippen molar-refractivity contribution in [2.75, 3.05) is 32.1 Å². The average molecular weight is 268 g/mol. The van der Waals surface area contributed by atoms with Gasteiger partial charge < -0.3 is 10.4 Å². The van der Waals surface area contributed by atoms with Crippen molar-refractivity contribution < 1.29 is 9.90 Å². The third-order valence-electron chi connectivity index (χ3n) is 3.00. The van der Waals surface area contributed by atoms with Crippen molar-refractivity contribution in [2.24, 2.45) is 0 Å². The molecule has 1 aromatic rings. The van der Waals surface area contributed by atoms with E-state index in [1.807, 2.05) is 25.8 Å². The Morgan fingerprint density at radius 2 is 2.11 bits per heavy atom. The first kappa shape index (κ1) is 15.7. The first-order valence-corrected chi connectivity index (χ1v) is 6.65. The first-order chi connectivity index (χ1) is 9.04. The number of aromatic amines is 1. The molecule has 1 amide bonds. The number of rotatable bonds is 8. The van der Waals surface area contributed by atoms with Crippen LogP contribution in [0.25, 0.3) is 0 Å². The molecule has 1 aromatic heterocycles. The highest BCUT2D eigenvalue weighted by atomic mass is 16.2. The lowest BCUT2D eigenvalue weighted by Crippen LogP contribution is -2.31. The van der Waals surface area contributed by atoms with E-state index in [9.17, 15) is 4.79 Å². The summed E-state index contributed by atoms with van der Waals surface area (Å²) >= 11 is 0. The molecule has 0 saturated carbocycles. The van der Waals surface area contributed by atoms with Crippen molar-refractivity contribution >= 4 is 11.6 Å². The van der Waals surface area contributed by atoms with Gasteiger partial charge in [0.15, 0.2) is 0 Å². The number of likely N-dealkylation sites (N-methyl/N-ethyl adjacent to an activating group) is 1. The molecule has 0 atom stereocenters. The molecule has 0 radical (unpaired) electrons. The Kier molecular flexibility index (Phi) is 6.52. The summed E-state index contributed by atoms with van der Waals surface area (Å²) in [5.41, 5.74) is 2.45. The van der Waals surface area contributed by atoms with Gasteiger partial charge in [0.25, 0.3) is 0 Å². The Bertz CT molecular complexity index is 384. The Labute approximate surface area is 114 Å². The van der Waals surface area contributed by atoms with Crippen LogP contribution in [0, 0.1) is 13.8 Å². The Hall–Kier alpha value is -1.40. The number of anilines is 1. The van der Waals surface area contributed by atoms with Crippen LogP contribution >= 0.6 is 0 Å². The van der Waals surface area contributed by atoms with Crippen molar-refractivity contribution in [1.29, 1.82) is 0 Å². The topological polar surface area (TPSA) is 81.2 Å². The molecular formula is C13H24N4O2. The maximum atomic E-state index is 11.9. The predicted octanol–water partition coefficient (Wildman–Crippen LogP) is 1.06. The number of aromatic nitrogens is 2. The monoisotopic (exact) mass is 268 g/mol. The Morgan fingerprint density at radius 3 is 2.68 bits per heavy atom. The molecule has 0 aliphatic carbocycles. The van der Waals surface area contributed by atoms with Gasteiger partial charge in [-0.25, -0.2) is 0 Å². The summed E-state index contributed by atoms with van der Waals surface area (Å²) in [7, 11) is 1.92. The quantitative estimate of drug-likeness (QED) is 0.616. The van der Waals surface area contributed by atoms with Crippen LogP contribution in [-0.4, -0.2) is 52.9 Å². The van der Waals surface area contributed by atoms with E-state index in [2.05, 4.69) is 15.5 Å². The van der Waals surface area contributed by atoms with E-state index >= 15 is 0 Å². The number of hydrogen-bond acceptors (Lipinski definition) is 4. The molecule has 0 aliphatic rings. The fraction of sp³-hybridized carbons (Fsp3) is 0.692. The standard InChI is InChI=1S/C13H24N4O2/c1-10-13(11(2)16-15-10)14-12(19)9-17(3)7-5-4-6-8-18/h18H,4-9H2,1-3H3,(H,14,19)(H,15,16). The maximum absolute atomic E-state index is 11.9.